The maximum atomic E-state index is 11.6. The third-order valence-corrected chi connectivity index (χ3v) is 3.25. The molecule has 1 unspecified atom stereocenters. The van der Waals surface area contributed by atoms with Crippen LogP contribution in [0.1, 0.15) is 57.6 Å². The quantitative estimate of drug-likeness (QED) is 0.656. The summed E-state index contributed by atoms with van der Waals surface area (Å²) < 4.78 is 0. The molecule has 0 amide bonds. The maximum Gasteiger partial charge on any atom is 0.133 e. The number of hydrogen-bond donors (Lipinski definition) is 0. The summed E-state index contributed by atoms with van der Waals surface area (Å²) in [6.45, 7) is 6.44. The third-order valence-electron chi connectivity index (χ3n) is 3.25. The molecular formula is C17H26O. The van der Waals surface area contributed by atoms with Gasteiger partial charge in [0.15, 0.2) is 0 Å². The Bertz CT molecular complexity index is 350. The molecule has 1 rings (SSSR count). The lowest BCUT2D eigenvalue weighted by Gasteiger charge is -2.11. The van der Waals surface area contributed by atoms with Crippen molar-refractivity contribution in [2.45, 2.75) is 59.3 Å². The minimum atomic E-state index is 0.410. The molecule has 0 bridgehead atoms. The van der Waals surface area contributed by atoms with Crippen LogP contribution in [0.5, 0.6) is 0 Å². The van der Waals surface area contributed by atoms with Crippen molar-refractivity contribution >= 4 is 5.78 Å². The second-order valence-electron chi connectivity index (χ2n) is 5.37. The Morgan fingerprint density at radius 3 is 2.22 bits per heavy atom. The summed E-state index contributed by atoms with van der Waals surface area (Å²) in [7, 11) is 0. The zero-order valence-corrected chi connectivity index (χ0v) is 12.0. The summed E-state index contributed by atoms with van der Waals surface area (Å²) in [5, 5.41) is 0. The van der Waals surface area contributed by atoms with Gasteiger partial charge in [-0.3, -0.25) is 4.79 Å². The number of carbonyl (C=O) groups excluding carboxylic acids is 1. The first-order valence-electron chi connectivity index (χ1n) is 7.25. The Hall–Kier alpha value is -1.11. The molecule has 0 aromatic heterocycles. The lowest BCUT2D eigenvalue weighted by molar-refractivity contribution is -0.119. The molecular weight excluding hydrogens is 220 g/mol. The smallest absolute Gasteiger partial charge is 0.133 e. The van der Waals surface area contributed by atoms with Crippen LogP contribution in [0, 0.1) is 5.92 Å². The van der Waals surface area contributed by atoms with Crippen molar-refractivity contribution < 1.29 is 4.79 Å². The molecule has 0 heterocycles. The number of ketones is 1. The summed E-state index contributed by atoms with van der Waals surface area (Å²) in [6.07, 6.45) is 5.80. The predicted octanol–water partition coefficient (Wildman–Crippen LogP) is 4.58. The van der Waals surface area contributed by atoms with E-state index < -0.39 is 0 Å². The van der Waals surface area contributed by atoms with E-state index in [1.54, 1.807) is 0 Å². The highest BCUT2D eigenvalue weighted by molar-refractivity contribution is 5.78. The molecule has 1 heteroatoms. The zero-order chi connectivity index (χ0) is 13.4. The van der Waals surface area contributed by atoms with Crippen molar-refractivity contribution in [3.05, 3.63) is 35.4 Å². The Labute approximate surface area is 112 Å². The van der Waals surface area contributed by atoms with E-state index in [-0.39, 0.29) is 0 Å². The highest BCUT2D eigenvalue weighted by Gasteiger charge is 2.09. The standard InChI is InChI=1S/C17H26O/c1-4-6-15-8-10-16(11-9-15)12-14(3)13-17(18)7-5-2/h8-11,14H,4-7,12-13H2,1-3H3. The first-order chi connectivity index (χ1) is 8.65. The molecule has 18 heavy (non-hydrogen) atoms. The van der Waals surface area contributed by atoms with Gasteiger partial charge in [0.05, 0.1) is 0 Å². The van der Waals surface area contributed by atoms with Gasteiger partial charge in [0.1, 0.15) is 5.78 Å². The second-order valence-corrected chi connectivity index (χ2v) is 5.37. The van der Waals surface area contributed by atoms with Crippen molar-refractivity contribution in [3.63, 3.8) is 0 Å². The van der Waals surface area contributed by atoms with Crippen LogP contribution in [0.3, 0.4) is 0 Å². The summed E-state index contributed by atoms with van der Waals surface area (Å²) in [5.41, 5.74) is 2.77. The van der Waals surface area contributed by atoms with Crippen LogP contribution in [0.15, 0.2) is 24.3 Å². The van der Waals surface area contributed by atoms with Gasteiger partial charge in [0.2, 0.25) is 0 Å². The van der Waals surface area contributed by atoms with Gasteiger partial charge in [-0.15, -0.1) is 0 Å². The molecule has 0 aliphatic heterocycles. The van der Waals surface area contributed by atoms with E-state index in [9.17, 15) is 4.79 Å². The van der Waals surface area contributed by atoms with Gasteiger partial charge in [0.25, 0.3) is 0 Å². The number of carbonyl (C=O) groups is 1. The molecule has 0 aliphatic rings. The van der Waals surface area contributed by atoms with Crippen LogP contribution in [0.2, 0.25) is 0 Å². The number of aryl methyl sites for hydroxylation is 1. The highest BCUT2D eigenvalue weighted by Crippen LogP contribution is 2.15. The summed E-state index contributed by atoms with van der Waals surface area (Å²) in [4.78, 5) is 11.6. The highest BCUT2D eigenvalue weighted by atomic mass is 16.1. The monoisotopic (exact) mass is 246 g/mol. The normalized spacial score (nSPS) is 12.4. The lowest BCUT2D eigenvalue weighted by Crippen LogP contribution is -2.07. The number of Topliss-reactive ketones (excluding diaryl/α,β-unsaturated/α-hetero) is 1. The molecule has 1 nitrogen and oxygen atoms in total. The van der Waals surface area contributed by atoms with E-state index >= 15 is 0 Å². The lowest BCUT2D eigenvalue weighted by atomic mass is 9.94. The maximum absolute atomic E-state index is 11.6. The van der Waals surface area contributed by atoms with E-state index in [4.69, 9.17) is 0 Å². The summed E-state index contributed by atoms with van der Waals surface area (Å²) in [6, 6.07) is 8.87. The summed E-state index contributed by atoms with van der Waals surface area (Å²) >= 11 is 0. The Kier molecular flexibility index (Phi) is 6.70. The van der Waals surface area contributed by atoms with Crippen molar-refractivity contribution in [3.8, 4) is 0 Å². The first-order valence-corrected chi connectivity index (χ1v) is 7.25. The molecule has 1 atom stereocenters. The van der Waals surface area contributed by atoms with Gasteiger partial charge in [-0.2, -0.15) is 0 Å². The minimum Gasteiger partial charge on any atom is -0.300 e. The fourth-order valence-corrected chi connectivity index (χ4v) is 2.37. The van der Waals surface area contributed by atoms with Crippen molar-refractivity contribution in [1.29, 1.82) is 0 Å². The molecule has 0 fully saturated rings. The Morgan fingerprint density at radius 1 is 1.06 bits per heavy atom. The van der Waals surface area contributed by atoms with Crippen LogP contribution in [0.4, 0.5) is 0 Å². The SMILES string of the molecule is CCCC(=O)CC(C)Cc1ccc(CCC)cc1. The van der Waals surface area contributed by atoms with Gasteiger partial charge in [-0.05, 0) is 36.3 Å². The minimum absolute atomic E-state index is 0.410. The van der Waals surface area contributed by atoms with Crippen LogP contribution in [-0.2, 0) is 17.6 Å². The van der Waals surface area contributed by atoms with E-state index in [2.05, 4.69) is 45.0 Å². The third kappa shape index (κ3) is 5.48. The predicted molar refractivity (Wildman–Crippen MR) is 77.8 cm³/mol. The number of benzene rings is 1. The molecule has 0 saturated carbocycles. The Morgan fingerprint density at radius 2 is 1.67 bits per heavy atom. The van der Waals surface area contributed by atoms with Crippen LogP contribution >= 0.6 is 0 Å². The average molecular weight is 246 g/mol. The topological polar surface area (TPSA) is 17.1 Å². The van der Waals surface area contributed by atoms with Crippen molar-refractivity contribution in [2.24, 2.45) is 5.92 Å². The molecule has 0 spiro atoms. The van der Waals surface area contributed by atoms with Crippen LogP contribution < -0.4 is 0 Å². The zero-order valence-electron chi connectivity index (χ0n) is 12.0. The van der Waals surface area contributed by atoms with E-state index in [0.29, 0.717) is 11.7 Å². The van der Waals surface area contributed by atoms with E-state index in [0.717, 1.165) is 32.1 Å². The fraction of sp³-hybridized carbons (Fsp3) is 0.588. The van der Waals surface area contributed by atoms with Gasteiger partial charge in [0, 0.05) is 12.8 Å². The largest absolute Gasteiger partial charge is 0.300 e. The first kappa shape index (κ1) is 14.9. The number of rotatable bonds is 8. The van der Waals surface area contributed by atoms with E-state index in [1.807, 2.05) is 0 Å². The molecule has 100 valence electrons. The summed E-state index contributed by atoms with van der Waals surface area (Å²) in [5.74, 6) is 0.869. The molecule has 1 aromatic rings. The van der Waals surface area contributed by atoms with Crippen LogP contribution in [0.25, 0.3) is 0 Å². The average Bonchev–Trinajstić information content (AvgIpc) is 2.32. The molecule has 0 saturated heterocycles. The van der Waals surface area contributed by atoms with Gasteiger partial charge in [-0.1, -0.05) is 51.5 Å². The van der Waals surface area contributed by atoms with Crippen molar-refractivity contribution in [1.82, 2.24) is 0 Å². The van der Waals surface area contributed by atoms with Crippen LogP contribution in [-0.4, -0.2) is 5.78 Å². The van der Waals surface area contributed by atoms with Crippen molar-refractivity contribution in [2.75, 3.05) is 0 Å². The molecule has 0 N–H and O–H groups in total. The molecule has 1 aromatic carbocycles. The van der Waals surface area contributed by atoms with Gasteiger partial charge in [-0.25, -0.2) is 0 Å². The fourth-order valence-electron chi connectivity index (χ4n) is 2.37. The molecule has 0 aliphatic carbocycles. The number of hydrogen-bond acceptors (Lipinski definition) is 1. The molecule has 0 radical (unpaired) electrons. The second kappa shape index (κ2) is 8.07. The van der Waals surface area contributed by atoms with Gasteiger partial charge < -0.3 is 0 Å². The van der Waals surface area contributed by atoms with E-state index in [1.165, 1.54) is 17.5 Å². The Balaban J connectivity index is 2.43. The van der Waals surface area contributed by atoms with Gasteiger partial charge >= 0.3 is 0 Å².